The Morgan fingerprint density at radius 1 is 1.29 bits per heavy atom. The molecule has 21 heavy (non-hydrogen) atoms. The Bertz CT molecular complexity index is 603. The number of nitrogens with one attached hydrogen (secondary N) is 1. The normalized spacial score (nSPS) is 18.9. The maximum atomic E-state index is 13.9. The first kappa shape index (κ1) is 14.2. The quantitative estimate of drug-likeness (QED) is 0.936. The van der Waals surface area contributed by atoms with Crippen LogP contribution in [0.5, 0.6) is 0 Å². The molecule has 5 heteroatoms. The van der Waals surface area contributed by atoms with Crippen molar-refractivity contribution >= 4 is 0 Å². The van der Waals surface area contributed by atoms with E-state index in [4.69, 9.17) is 0 Å². The fourth-order valence-electron chi connectivity index (χ4n) is 2.88. The summed E-state index contributed by atoms with van der Waals surface area (Å²) in [5.74, 6) is -1.18. The van der Waals surface area contributed by atoms with Crippen molar-refractivity contribution in [1.29, 1.82) is 0 Å². The van der Waals surface area contributed by atoms with E-state index in [2.05, 4.69) is 10.3 Å². The van der Waals surface area contributed by atoms with E-state index in [0.29, 0.717) is 11.9 Å². The molecular formula is C16H19F2N3. The first-order valence-corrected chi connectivity index (χ1v) is 7.44. The van der Waals surface area contributed by atoms with Crippen LogP contribution in [0.1, 0.15) is 25.7 Å². The van der Waals surface area contributed by atoms with Crippen molar-refractivity contribution in [1.82, 2.24) is 14.9 Å². The summed E-state index contributed by atoms with van der Waals surface area (Å²) in [7, 11) is 0. The largest absolute Gasteiger partial charge is 0.331 e. The standard InChI is InChI=1S/C16H19F2N3/c17-14-6-3-5-13(15(14)18)16-20-9-11-21(16)10-7-12-4-1-2-8-19-12/h3,5-6,9,11-12,19H,1-2,4,7-8,10H2/t12-/m1/s1. The van der Waals surface area contributed by atoms with Crippen molar-refractivity contribution in [3.8, 4) is 11.4 Å². The van der Waals surface area contributed by atoms with E-state index in [0.717, 1.165) is 25.6 Å². The van der Waals surface area contributed by atoms with Crippen molar-refractivity contribution < 1.29 is 8.78 Å². The van der Waals surface area contributed by atoms with E-state index >= 15 is 0 Å². The summed E-state index contributed by atoms with van der Waals surface area (Å²) in [6.45, 7) is 1.82. The summed E-state index contributed by atoms with van der Waals surface area (Å²) >= 11 is 0. The van der Waals surface area contributed by atoms with Crippen molar-refractivity contribution in [3.05, 3.63) is 42.2 Å². The van der Waals surface area contributed by atoms with Crippen molar-refractivity contribution in [2.75, 3.05) is 6.54 Å². The molecule has 0 saturated carbocycles. The maximum Gasteiger partial charge on any atom is 0.169 e. The van der Waals surface area contributed by atoms with Gasteiger partial charge in [-0.1, -0.05) is 12.5 Å². The molecule has 1 aromatic heterocycles. The number of benzene rings is 1. The van der Waals surface area contributed by atoms with Gasteiger partial charge in [0.15, 0.2) is 11.6 Å². The molecule has 1 atom stereocenters. The molecule has 112 valence electrons. The molecule has 0 radical (unpaired) electrons. The first-order valence-electron chi connectivity index (χ1n) is 7.44. The summed E-state index contributed by atoms with van der Waals surface area (Å²) in [6.07, 6.45) is 8.10. The van der Waals surface area contributed by atoms with Crippen LogP contribution >= 0.6 is 0 Å². The van der Waals surface area contributed by atoms with Gasteiger partial charge in [-0.3, -0.25) is 0 Å². The van der Waals surface area contributed by atoms with E-state index < -0.39 is 11.6 Å². The van der Waals surface area contributed by atoms with Gasteiger partial charge in [0.1, 0.15) is 5.82 Å². The number of hydrogen-bond donors (Lipinski definition) is 1. The number of rotatable bonds is 4. The minimum atomic E-state index is -0.837. The SMILES string of the molecule is Fc1cccc(-c2nccn2CC[C@H]2CCCCN2)c1F. The van der Waals surface area contributed by atoms with E-state index in [1.165, 1.54) is 25.3 Å². The monoisotopic (exact) mass is 291 g/mol. The summed E-state index contributed by atoms with van der Waals surface area (Å²) in [4.78, 5) is 4.19. The predicted octanol–water partition coefficient (Wildman–Crippen LogP) is 3.36. The fourth-order valence-corrected chi connectivity index (χ4v) is 2.88. The van der Waals surface area contributed by atoms with Crippen molar-refractivity contribution in [2.24, 2.45) is 0 Å². The Hall–Kier alpha value is -1.75. The number of imidazole rings is 1. The van der Waals surface area contributed by atoms with Crippen LogP contribution in [-0.2, 0) is 6.54 Å². The fraction of sp³-hybridized carbons (Fsp3) is 0.438. The third-order valence-corrected chi connectivity index (χ3v) is 4.04. The summed E-state index contributed by atoms with van der Waals surface area (Å²) in [5, 5.41) is 3.49. The number of nitrogens with zero attached hydrogens (tertiary/aromatic N) is 2. The van der Waals surface area contributed by atoms with Gasteiger partial charge < -0.3 is 9.88 Å². The highest BCUT2D eigenvalue weighted by Gasteiger charge is 2.16. The van der Waals surface area contributed by atoms with Crippen LogP contribution in [-0.4, -0.2) is 22.1 Å². The summed E-state index contributed by atoms with van der Waals surface area (Å²) < 4.78 is 29.2. The third-order valence-electron chi connectivity index (χ3n) is 4.04. The number of aryl methyl sites for hydroxylation is 1. The highest BCUT2D eigenvalue weighted by molar-refractivity contribution is 5.56. The molecule has 0 spiro atoms. The van der Waals surface area contributed by atoms with E-state index in [9.17, 15) is 8.78 Å². The number of aromatic nitrogens is 2. The number of halogens is 2. The highest BCUT2D eigenvalue weighted by Crippen LogP contribution is 2.23. The number of hydrogen-bond acceptors (Lipinski definition) is 2. The van der Waals surface area contributed by atoms with Crippen molar-refractivity contribution in [3.63, 3.8) is 0 Å². The molecule has 1 aliphatic heterocycles. The minimum absolute atomic E-state index is 0.219. The maximum absolute atomic E-state index is 13.9. The van der Waals surface area contributed by atoms with E-state index in [-0.39, 0.29) is 5.56 Å². The second-order valence-electron chi connectivity index (χ2n) is 5.48. The second kappa shape index (κ2) is 6.35. The molecule has 1 saturated heterocycles. The van der Waals surface area contributed by atoms with Gasteiger partial charge in [-0.25, -0.2) is 13.8 Å². The van der Waals surface area contributed by atoms with Gasteiger partial charge >= 0.3 is 0 Å². The Morgan fingerprint density at radius 3 is 3.00 bits per heavy atom. The molecule has 1 fully saturated rings. The molecule has 1 aliphatic rings. The Labute approximate surface area is 123 Å². The van der Waals surface area contributed by atoms with Crippen LogP contribution < -0.4 is 5.32 Å². The second-order valence-corrected chi connectivity index (χ2v) is 5.48. The molecule has 2 aromatic rings. The zero-order valence-electron chi connectivity index (χ0n) is 11.9. The van der Waals surface area contributed by atoms with Crippen molar-refractivity contribution in [2.45, 2.75) is 38.3 Å². The van der Waals surface area contributed by atoms with Gasteiger partial charge in [-0.05, 0) is 37.9 Å². The Balaban J connectivity index is 1.76. The van der Waals surface area contributed by atoms with Crippen LogP contribution in [0.4, 0.5) is 8.78 Å². The molecule has 0 aliphatic carbocycles. The van der Waals surface area contributed by atoms with Crippen LogP contribution in [0.2, 0.25) is 0 Å². The lowest BCUT2D eigenvalue weighted by Gasteiger charge is -2.23. The van der Waals surface area contributed by atoms with Crippen LogP contribution in [0, 0.1) is 11.6 Å². The molecule has 1 N–H and O–H groups in total. The summed E-state index contributed by atoms with van der Waals surface area (Å²) in [5.41, 5.74) is 0.219. The zero-order valence-corrected chi connectivity index (χ0v) is 11.9. The van der Waals surface area contributed by atoms with Gasteiger partial charge in [-0.2, -0.15) is 0 Å². The van der Waals surface area contributed by atoms with Gasteiger partial charge in [0, 0.05) is 25.0 Å². The average Bonchev–Trinajstić information content (AvgIpc) is 2.97. The lowest BCUT2D eigenvalue weighted by molar-refractivity contribution is 0.367. The Morgan fingerprint density at radius 2 is 2.19 bits per heavy atom. The highest BCUT2D eigenvalue weighted by atomic mass is 19.2. The molecular weight excluding hydrogens is 272 g/mol. The average molecular weight is 291 g/mol. The topological polar surface area (TPSA) is 29.9 Å². The van der Waals surface area contributed by atoms with Gasteiger partial charge in [0.2, 0.25) is 0 Å². The molecule has 0 bridgehead atoms. The van der Waals surface area contributed by atoms with E-state index in [1.807, 2.05) is 10.8 Å². The smallest absolute Gasteiger partial charge is 0.169 e. The lowest BCUT2D eigenvalue weighted by Crippen LogP contribution is -2.34. The van der Waals surface area contributed by atoms with Crippen LogP contribution in [0.3, 0.4) is 0 Å². The molecule has 0 amide bonds. The number of piperidine rings is 1. The predicted molar refractivity (Wildman–Crippen MR) is 77.8 cm³/mol. The van der Waals surface area contributed by atoms with Crippen LogP contribution in [0.15, 0.2) is 30.6 Å². The van der Waals surface area contributed by atoms with E-state index in [1.54, 1.807) is 12.3 Å². The zero-order chi connectivity index (χ0) is 14.7. The molecule has 2 heterocycles. The molecule has 3 rings (SSSR count). The molecule has 3 nitrogen and oxygen atoms in total. The lowest BCUT2D eigenvalue weighted by atomic mass is 10.0. The van der Waals surface area contributed by atoms with Gasteiger partial charge in [0.05, 0.1) is 5.56 Å². The van der Waals surface area contributed by atoms with Gasteiger partial charge in [-0.15, -0.1) is 0 Å². The van der Waals surface area contributed by atoms with Crippen LogP contribution in [0.25, 0.3) is 11.4 Å². The first-order chi connectivity index (χ1) is 10.3. The minimum Gasteiger partial charge on any atom is -0.331 e. The van der Waals surface area contributed by atoms with Gasteiger partial charge in [0.25, 0.3) is 0 Å². The third kappa shape index (κ3) is 3.13. The molecule has 0 unspecified atom stereocenters. The Kier molecular flexibility index (Phi) is 4.29. The summed E-state index contributed by atoms with van der Waals surface area (Å²) in [6, 6.07) is 4.70. The molecule has 1 aromatic carbocycles.